The highest BCUT2D eigenvalue weighted by atomic mass is 16.5. The standard InChI is InChI=1S/C16H17O2/c1-11-8-13(9-12(2)16(11)18-3)10-14-6-4-5-7-15(14)17/h4-10,17H,1-3H3. The highest BCUT2D eigenvalue weighted by molar-refractivity contribution is 5.50. The van der Waals surface area contributed by atoms with Gasteiger partial charge in [-0.15, -0.1) is 0 Å². The SMILES string of the molecule is COc1c(C)cc([CH]c2ccccc2O)cc1C. The Morgan fingerprint density at radius 2 is 1.67 bits per heavy atom. The molecule has 0 fully saturated rings. The molecule has 0 aromatic heterocycles. The van der Waals surface area contributed by atoms with E-state index in [4.69, 9.17) is 4.74 Å². The van der Waals surface area contributed by atoms with Gasteiger partial charge in [-0.25, -0.2) is 0 Å². The van der Waals surface area contributed by atoms with Crippen molar-refractivity contribution in [2.24, 2.45) is 0 Å². The van der Waals surface area contributed by atoms with Gasteiger partial charge >= 0.3 is 0 Å². The van der Waals surface area contributed by atoms with Crippen molar-refractivity contribution in [2.75, 3.05) is 7.11 Å². The van der Waals surface area contributed by atoms with Gasteiger partial charge in [0.25, 0.3) is 0 Å². The summed E-state index contributed by atoms with van der Waals surface area (Å²) in [4.78, 5) is 0. The number of hydrogen-bond acceptors (Lipinski definition) is 2. The summed E-state index contributed by atoms with van der Waals surface area (Å²) in [5.41, 5.74) is 4.08. The van der Waals surface area contributed by atoms with Crippen molar-refractivity contribution in [1.82, 2.24) is 0 Å². The summed E-state index contributed by atoms with van der Waals surface area (Å²) in [6.07, 6.45) is 1.97. The molecule has 2 nitrogen and oxygen atoms in total. The van der Waals surface area contributed by atoms with E-state index in [-0.39, 0.29) is 0 Å². The third kappa shape index (κ3) is 2.48. The van der Waals surface area contributed by atoms with Crippen LogP contribution >= 0.6 is 0 Å². The average Bonchev–Trinajstić information content (AvgIpc) is 2.32. The number of rotatable bonds is 3. The van der Waals surface area contributed by atoms with Crippen LogP contribution in [0.5, 0.6) is 11.5 Å². The minimum atomic E-state index is 0.295. The second kappa shape index (κ2) is 5.13. The van der Waals surface area contributed by atoms with Gasteiger partial charge in [0.05, 0.1) is 7.11 Å². The van der Waals surface area contributed by atoms with Crippen molar-refractivity contribution in [2.45, 2.75) is 13.8 Å². The largest absolute Gasteiger partial charge is 0.508 e. The number of para-hydroxylation sites is 1. The number of aromatic hydroxyl groups is 1. The molecule has 0 saturated carbocycles. The molecular weight excluding hydrogens is 224 g/mol. The lowest BCUT2D eigenvalue weighted by molar-refractivity contribution is 0.408. The first kappa shape index (κ1) is 12.5. The fourth-order valence-corrected chi connectivity index (χ4v) is 2.18. The molecule has 1 N–H and O–H groups in total. The van der Waals surface area contributed by atoms with Crippen molar-refractivity contribution >= 4 is 0 Å². The van der Waals surface area contributed by atoms with Gasteiger partial charge in [0.1, 0.15) is 11.5 Å². The molecule has 0 spiro atoms. The summed E-state index contributed by atoms with van der Waals surface area (Å²) in [6, 6.07) is 11.4. The topological polar surface area (TPSA) is 29.5 Å². The van der Waals surface area contributed by atoms with Crippen molar-refractivity contribution in [3.63, 3.8) is 0 Å². The zero-order valence-corrected chi connectivity index (χ0v) is 10.9. The second-order valence-corrected chi connectivity index (χ2v) is 4.39. The van der Waals surface area contributed by atoms with Crippen LogP contribution in [0.2, 0.25) is 0 Å². The van der Waals surface area contributed by atoms with Gasteiger partial charge in [0.2, 0.25) is 0 Å². The summed E-state index contributed by atoms with van der Waals surface area (Å²) in [6.45, 7) is 4.04. The normalized spacial score (nSPS) is 10.4. The van der Waals surface area contributed by atoms with E-state index in [1.165, 1.54) is 0 Å². The van der Waals surface area contributed by atoms with Gasteiger partial charge in [-0.1, -0.05) is 30.3 Å². The number of aryl methyl sites for hydroxylation is 2. The van der Waals surface area contributed by atoms with E-state index in [2.05, 4.69) is 12.1 Å². The predicted octanol–water partition coefficient (Wildman–Crippen LogP) is 3.62. The van der Waals surface area contributed by atoms with Gasteiger partial charge < -0.3 is 9.84 Å². The molecule has 0 saturated heterocycles. The molecule has 0 heterocycles. The third-order valence-corrected chi connectivity index (χ3v) is 2.95. The summed E-state index contributed by atoms with van der Waals surface area (Å²) >= 11 is 0. The van der Waals surface area contributed by atoms with Crippen molar-refractivity contribution in [3.8, 4) is 11.5 Å². The molecule has 0 aliphatic heterocycles. The van der Waals surface area contributed by atoms with E-state index in [1.807, 2.05) is 38.5 Å². The fourth-order valence-electron chi connectivity index (χ4n) is 2.18. The van der Waals surface area contributed by atoms with E-state index in [1.54, 1.807) is 13.2 Å². The Kier molecular flexibility index (Phi) is 3.56. The molecular formula is C16H17O2. The molecule has 2 heteroatoms. The highest BCUT2D eigenvalue weighted by Crippen LogP contribution is 2.28. The van der Waals surface area contributed by atoms with Crippen LogP contribution in [0.15, 0.2) is 36.4 Å². The Morgan fingerprint density at radius 3 is 2.22 bits per heavy atom. The molecule has 18 heavy (non-hydrogen) atoms. The number of ether oxygens (including phenoxy) is 1. The quantitative estimate of drug-likeness (QED) is 0.889. The van der Waals surface area contributed by atoms with Crippen LogP contribution in [0.4, 0.5) is 0 Å². The fraction of sp³-hybridized carbons (Fsp3) is 0.188. The van der Waals surface area contributed by atoms with Gasteiger partial charge in [0, 0.05) is 12.0 Å². The maximum atomic E-state index is 9.76. The lowest BCUT2D eigenvalue weighted by Crippen LogP contribution is -1.94. The molecule has 0 aliphatic carbocycles. The van der Waals surface area contributed by atoms with Crippen molar-refractivity contribution in [1.29, 1.82) is 0 Å². The molecule has 0 atom stereocenters. The molecule has 2 aromatic carbocycles. The number of hydrogen-bond donors (Lipinski definition) is 1. The minimum Gasteiger partial charge on any atom is -0.508 e. The van der Waals surface area contributed by atoms with Gasteiger partial charge in [-0.05, 0) is 36.6 Å². The molecule has 2 aromatic rings. The Bertz CT molecular complexity index is 536. The number of phenolic OH excluding ortho intramolecular Hbond substituents is 1. The van der Waals surface area contributed by atoms with E-state index >= 15 is 0 Å². The second-order valence-electron chi connectivity index (χ2n) is 4.39. The Balaban J connectivity index is 2.34. The molecule has 2 rings (SSSR count). The van der Waals surface area contributed by atoms with Crippen molar-refractivity contribution < 1.29 is 9.84 Å². The van der Waals surface area contributed by atoms with Gasteiger partial charge in [0.15, 0.2) is 0 Å². The average molecular weight is 241 g/mol. The Labute approximate surface area is 108 Å². The van der Waals surface area contributed by atoms with E-state index < -0.39 is 0 Å². The lowest BCUT2D eigenvalue weighted by Gasteiger charge is -2.11. The molecule has 1 radical (unpaired) electrons. The molecule has 0 unspecified atom stereocenters. The summed E-state index contributed by atoms with van der Waals surface area (Å²) in [5.74, 6) is 1.22. The van der Waals surface area contributed by atoms with E-state index in [0.29, 0.717) is 5.75 Å². The van der Waals surface area contributed by atoms with Crippen LogP contribution in [0, 0.1) is 20.3 Å². The third-order valence-electron chi connectivity index (χ3n) is 2.95. The van der Waals surface area contributed by atoms with E-state index in [9.17, 15) is 5.11 Å². The van der Waals surface area contributed by atoms with Crippen LogP contribution in [0.3, 0.4) is 0 Å². The number of methoxy groups -OCH3 is 1. The first-order valence-corrected chi connectivity index (χ1v) is 5.90. The van der Waals surface area contributed by atoms with Crippen LogP contribution < -0.4 is 4.74 Å². The minimum absolute atomic E-state index is 0.295. The first-order chi connectivity index (χ1) is 8.61. The van der Waals surface area contributed by atoms with Gasteiger partial charge in [-0.3, -0.25) is 0 Å². The van der Waals surface area contributed by atoms with Crippen LogP contribution in [0.25, 0.3) is 0 Å². The zero-order chi connectivity index (χ0) is 13.1. The maximum Gasteiger partial charge on any atom is 0.124 e. The number of phenols is 1. The first-order valence-electron chi connectivity index (χ1n) is 5.90. The summed E-state index contributed by atoms with van der Waals surface area (Å²) < 4.78 is 5.34. The van der Waals surface area contributed by atoms with Crippen molar-refractivity contribution in [3.05, 3.63) is 65.1 Å². The van der Waals surface area contributed by atoms with Crippen LogP contribution in [0.1, 0.15) is 22.3 Å². The Morgan fingerprint density at radius 1 is 1.06 bits per heavy atom. The highest BCUT2D eigenvalue weighted by Gasteiger charge is 2.07. The molecule has 0 amide bonds. The zero-order valence-electron chi connectivity index (χ0n) is 10.9. The van der Waals surface area contributed by atoms with E-state index in [0.717, 1.165) is 28.0 Å². The molecule has 93 valence electrons. The smallest absolute Gasteiger partial charge is 0.124 e. The predicted molar refractivity (Wildman–Crippen MR) is 73.1 cm³/mol. The monoisotopic (exact) mass is 241 g/mol. The lowest BCUT2D eigenvalue weighted by atomic mass is 9.99. The molecule has 0 bridgehead atoms. The number of benzene rings is 2. The Hall–Kier alpha value is -1.96. The summed E-state index contributed by atoms with van der Waals surface area (Å²) in [7, 11) is 1.68. The molecule has 0 aliphatic rings. The van der Waals surface area contributed by atoms with Gasteiger partial charge in [-0.2, -0.15) is 0 Å². The maximum absolute atomic E-state index is 9.76. The summed E-state index contributed by atoms with van der Waals surface area (Å²) in [5, 5.41) is 9.76. The van der Waals surface area contributed by atoms with Crippen LogP contribution in [-0.4, -0.2) is 12.2 Å². The van der Waals surface area contributed by atoms with Crippen LogP contribution in [-0.2, 0) is 0 Å².